The molecule has 1 aromatic heterocycles. The molecule has 8 heteroatoms. The largest absolute Gasteiger partial charge is 0.381 e. The van der Waals surface area contributed by atoms with Crippen LogP contribution in [0.2, 0.25) is 0 Å². The number of aryl methyl sites for hydroxylation is 1. The van der Waals surface area contributed by atoms with Crippen molar-refractivity contribution in [3.8, 4) is 0 Å². The highest BCUT2D eigenvalue weighted by Gasteiger charge is 2.23. The quantitative estimate of drug-likeness (QED) is 0.871. The standard InChI is InChI=1S/C12H15BrN4O2S/c1-8(9-5-3-4-6-10(9)13)16-20(18,19)11-7-17(2)15-12(11)14/h3-8,16H,1-2H3,(H2,14,15). The van der Waals surface area contributed by atoms with Crippen molar-refractivity contribution in [2.75, 3.05) is 5.73 Å². The number of nitrogens with two attached hydrogens (primary N) is 1. The fourth-order valence-corrected chi connectivity index (χ4v) is 3.83. The monoisotopic (exact) mass is 358 g/mol. The molecule has 3 N–H and O–H groups in total. The van der Waals surface area contributed by atoms with E-state index in [0.29, 0.717) is 0 Å². The van der Waals surface area contributed by atoms with Gasteiger partial charge in [0.15, 0.2) is 5.82 Å². The minimum Gasteiger partial charge on any atom is -0.381 e. The highest BCUT2D eigenvalue weighted by Crippen LogP contribution is 2.25. The molecule has 0 saturated carbocycles. The Morgan fingerprint density at radius 2 is 2.05 bits per heavy atom. The number of nitrogens with zero attached hydrogens (tertiary/aromatic N) is 2. The van der Waals surface area contributed by atoms with Crippen LogP contribution in [0.1, 0.15) is 18.5 Å². The molecule has 6 nitrogen and oxygen atoms in total. The average molecular weight is 359 g/mol. The lowest BCUT2D eigenvalue weighted by molar-refractivity contribution is 0.566. The molecule has 20 heavy (non-hydrogen) atoms. The number of halogens is 1. The van der Waals surface area contributed by atoms with Crippen molar-refractivity contribution >= 4 is 31.8 Å². The zero-order valence-electron chi connectivity index (χ0n) is 11.0. The SMILES string of the molecule is CC(NS(=O)(=O)c1cn(C)nc1N)c1ccccc1Br. The summed E-state index contributed by atoms with van der Waals surface area (Å²) in [5.41, 5.74) is 6.46. The Balaban J connectivity index is 2.29. The van der Waals surface area contributed by atoms with Gasteiger partial charge in [-0.2, -0.15) is 5.10 Å². The van der Waals surface area contributed by atoms with Gasteiger partial charge in [-0.1, -0.05) is 34.1 Å². The maximum atomic E-state index is 12.3. The molecule has 1 unspecified atom stereocenters. The van der Waals surface area contributed by atoms with E-state index in [0.717, 1.165) is 10.0 Å². The first-order valence-electron chi connectivity index (χ1n) is 5.87. The Morgan fingerprint density at radius 3 is 2.60 bits per heavy atom. The second kappa shape index (κ2) is 5.55. The van der Waals surface area contributed by atoms with Crippen LogP contribution in [0.15, 0.2) is 39.8 Å². The van der Waals surface area contributed by atoms with E-state index in [1.165, 1.54) is 10.9 Å². The molecule has 1 aromatic carbocycles. The maximum Gasteiger partial charge on any atom is 0.246 e. The summed E-state index contributed by atoms with van der Waals surface area (Å²) in [6.45, 7) is 1.77. The number of benzene rings is 1. The van der Waals surface area contributed by atoms with E-state index in [1.807, 2.05) is 24.3 Å². The van der Waals surface area contributed by atoms with Crippen LogP contribution in [0.3, 0.4) is 0 Å². The summed E-state index contributed by atoms with van der Waals surface area (Å²) in [6, 6.07) is 7.04. The Labute approximate surface area is 126 Å². The summed E-state index contributed by atoms with van der Waals surface area (Å²) < 4.78 is 29.4. The molecular weight excluding hydrogens is 344 g/mol. The minimum absolute atomic E-state index is 0.0145. The van der Waals surface area contributed by atoms with Crippen molar-refractivity contribution in [1.29, 1.82) is 0 Å². The average Bonchev–Trinajstić information content (AvgIpc) is 2.69. The third-order valence-electron chi connectivity index (χ3n) is 2.82. The molecule has 1 heterocycles. The first-order valence-corrected chi connectivity index (χ1v) is 8.15. The predicted octanol–water partition coefficient (Wildman–Crippen LogP) is 1.80. The van der Waals surface area contributed by atoms with E-state index in [2.05, 4.69) is 25.8 Å². The smallest absolute Gasteiger partial charge is 0.246 e. The molecule has 0 aliphatic carbocycles. The van der Waals surface area contributed by atoms with Gasteiger partial charge in [0.05, 0.1) is 0 Å². The van der Waals surface area contributed by atoms with Gasteiger partial charge < -0.3 is 5.73 Å². The van der Waals surface area contributed by atoms with Crippen LogP contribution >= 0.6 is 15.9 Å². The number of rotatable bonds is 4. The highest BCUT2D eigenvalue weighted by atomic mass is 79.9. The molecule has 0 aliphatic rings. The maximum absolute atomic E-state index is 12.3. The van der Waals surface area contributed by atoms with Crippen molar-refractivity contribution in [1.82, 2.24) is 14.5 Å². The van der Waals surface area contributed by atoms with Gasteiger partial charge in [-0.25, -0.2) is 13.1 Å². The van der Waals surface area contributed by atoms with Crippen LogP contribution in [0.5, 0.6) is 0 Å². The van der Waals surface area contributed by atoms with Gasteiger partial charge in [-0.15, -0.1) is 0 Å². The Morgan fingerprint density at radius 1 is 1.40 bits per heavy atom. The zero-order valence-corrected chi connectivity index (χ0v) is 13.4. The molecule has 0 fully saturated rings. The number of nitrogen functional groups attached to an aromatic ring is 1. The van der Waals surface area contributed by atoms with Gasteiger partial charge in [-0.3, -0.25) is 4.68 Å². The number of hydrogen-bond acceptors (Lipinski definition) is 4. The number of hydrogen-bond donors (Lipinski definition) is 2. The van der Waals surface area contributed by atoms with Crippen LogP contribution in [-0.4, -0.2) is 18.2 Å². The molecule has 108 valence electrons. The number of nitrogens with one attached hydrogen (secondary N) is 1. The zero-order chi connectivity index (χ0) is 14.9. The van der Waals surface area contributed by atoms with Gasteiger partial charge in [0.1, 0.15) is 4.90 Å². The van der Waals surface area contributed by atoms with E-state index < -0.39 is 16.1 Å². The lowest BCUT2D eigenvalue weighted by Crippen LogP contribution is -2.27. The molecule has 2 rings (SSSR count). The van der Waals surface area contributed by atoms with E-state index in [4.69, 9.17) is 5.73 Å². The summed E-state index contributed by atoms with van der Waals surface area (Å²) in [6.07, 6.45) is 1.38. The van der Waals surface area contributed by atoms with E-state index in [9.17, 15) is 8.42 Å². The lowest BCUT2D eigenvalue weighted by atomic mass is 10.1. The van der Waals surface area contributed by atoms with Gasteiger partial charge in [0, 0.05) is 23.8 Å². The molecule has 1 atom stereocenters. The summed E-state index contributed by atoms with van der Waals surface area (Å²) in [4.78, 5) is -0.0149. The molecule has 0 bridgehead atoms. The first-order chi connectivity index (χ1) is 9.31. The number of aromatic nitrogens is 2. The molecular formula is C12H15BrN4O2S. The predicted molar refractivity (Wildman–Crippen MR) is 80.5 cm³/mol. The van der Waals surface area contributed by atoms with Crippen LogP contribution < -0.4 is 10.5 Å². The molecule has 0 aliphatic heterocycles. The van der Waals surface area contributed by atoms with Crippen LogP contribution in [0.25, 0.3) is 0 Å². The molecule has 0 spiro atoms. The topological polar surface area (TPSA) is 90.0 Å². The van der Waals surface area contributed by atoms with E-state index >= 15 is 0 Å². The minimum atomic E-state index is -3.71. The second-order valence-electron chi connectivity index (χ2n) is 4.42. The third kappa shape index (κ3) is 3.02. The van der Waals surface area contributed by atoms with Gasteiger partial charge >= 0.3 is 0 Å². The van der Waals surface area contributed by atoms with Crippen molar-refractivity contribution < 1.29 is 8.42 Å². The van der Waals surface area contributed by atoms with Crippen LogP contribution in [0, 0.1) is 0 Å². The normalized spacial score (nSPS) is 13.3. The summed E-state index contributed by atoms with van der Waals surface area (Å²) in [7, 11) is -2.10. The van der Waals surface area contributed by atoms with Crippen molar-refractivity contribution in [2.45, 2.75) is 17.9 Å². The van der Waals surface area contributed by atoms with Crippen molar-refractivity contribution in [3.05, 3.63) is 40.5 Å². The fraction of sp³-hybridized carbons (Fsp3) is 0.250. The summed E-state index contributed by atoms with van der Waals surface area (Å²) >= 11 is 3.40. The number of anilines is 1. The third-order valence-corrected chi connectivity index (χ3v) is 5.09. The van der Waals surface area contributed by atoms with Crippen LogP contribution in [0.4, 0.5) is 5.82 Å². The van der Waals surface area contributed by atoms with Crippen LogP contribution in [-0.2, 0) is 17.1 Å². The summed E-state index contributed by atoms with van der Waals surface area (Å²) in [5.74, 6) is -0.0145. The molecule has 0 saturated heterocycles. The Hall–Kier alpha value is -1.38. The fourth-order valence-electron chi connectivity index (χ4n) is 1.88. The van der Waals surface area contributed by atoms with Crippen molar-refractivity contribution in [2.24, 2.45) is 7.05 Å². The summed E-state index contributed by atoms with van der Waals surface area (Å²) in [5, 5.41) is 3.84. The molecule has 0 radical (unpaired) electrons. The Kier molecular flexibility index (Phi) is 4.17. The van der Waals surface area contributed by atoms with E-state index in [-0.39, 0.29) is 10.7 Å². The van der Waals surface area contributed by atoms with Gasteiger partial charge in [-0.05, 0) is 18.6 Å². The number of sulfonamides is 1. The first kappa shape index (κ1) is 15.0. The van der Waals surface area contributed by atoms with Gasteiger partial charge in [0.2, 0.25) is 10.0 Å². The lowest BCUT2D eigenvalue weighted by Gasteiger charge is -2.15. The Bertz CT molecular complexity index is 727. The molecule has 0 amide bonds. The van der Waals surface area contributed by atoms with Crippen molar-refractivity contribution in [3.63, 3.8) is 0 Å². The molecule has 2 aromatic rings. The highest BCUT2D eigenvalue weighted by molar-refractivity contribution is 9.10. The van der Waals surface area contributed by atoms with Gasteiger partial charge in [0.25, 0.3) is 0 Å². The second-order valence-corrected chi connectivity index (χ2v) is 6.95. The van der Waals surface area contributed by atoms with E-state index in [1.54, 1.807) is 14.0 Å².